The van der Waals surface area contributed by atoms with E-state index in [1.54, 1.807) is 24.5 Å². The van der Waals surface area contributed by atoms with Gasteiger partial charge in [-0.3, -0.25) is 9.97 Å². The summed E-state index contributed by atoms with van der Waals surface area (Å²) in [5.41, 5.74) is 2.89. The predicted molar refractivity (Wildman–Crippen MR) is 71.8 cm³/mol. The Kier molecular flexibility index (Phi) is 3.62. The average molecular weight is 244 g/mol. The zero-order chi connectivity index (χ0) is 13.0. The molecule has 5 nitrogen and oxygen atoms in total. The molecule has 0 unspecified atom stereocenters. The number of hydrogen-bond acceptors (Lipinski definition) is 5. The van der Waals surface area contributed by atoms with Gasteiger partial charge in [0, 0.05) is 20.3 Å². The molecule has 2 N–H and O–H groups in total. The Morgan fingerprint density at radius 3 is 2.72 bits per heavy atom. The van der Waals surface area contributed by atoms with Crippen molar-refractivity contribution >= 4 is 11.4 Å². The highest BCUT2D eigenvalue weighted by molar-refractivity contribution is 5.68. The average Bonchev–Trinajstić information content (AvgIpc) is 2.38. The quantitative estimate of drug-likeness (QED) is 0.859. The summed E-state index contributed by atoms with van der Waals surface area (Å²) in [6, 6.07) is 5.36. The van der Waals surface area contributed by atoms with E-state index in [1.165, 1.54) is 6.20 Å². The van der Waals surface area contributed by atoms with Crippen LogP contribution in [0.4, 0.5) is 11.4 Å². The molecule has 0 saturated heterocycles. The first-order valence-corrected chi connectivity index (χ1v) is 5.66. The molecule has 0 spiro atoms. The largest absolute Gasteiger partial charge is 0.506 e. The van der Waals surface area contributed by atoms with E-state index in [0.717, 1.165) is 17.1 Å². The van der Waals surface area contributed by atoms with E-state index in [4.69, 9.17) is 5.11 Å². The van der Waals surface area contributed by atoms with E-state index in [-0.39, 0.29) is 5.75 Å². The Balaban J connectivity index is 2.08. The summed E-state index contributed by atoms with van der Waals surface area (Å²) in [4.78, 5) is 10.2. The van der Waals surface area contributed by atoms with Gasteiger partial charge in [0.25, 0.3) is 0 Å². The molecule has 0 aliphatic rings. The Labute approximate surface area is 106 Å². The number of rotatable bonds is 4. The number of aromatic hydroxyl groups is 1. The summed E-state index contributed by atoms with van der Waals surface area (Å²) in [6.07, 6.45) is 4.99. The SMILES string of the molecule is CN(C)c1ccncc1NCc1ccc(O)cn1. The van der Waals surface area contributed by atoms with Crippen LogP contribution in [-0.2, 0) is 6.54 Å². The summed E-state index contributed by atoms with van der Waals surface area (Å²) in [5, 5.41) is 12.4. The minimum atomic E-state index is 0.175. The number of hydrogen-bond donors (Lipinski definition) is 2. The molecular weight excluding hydrogens is 228 g/mol. The molecule has 2 rings (SSSR count). The number of aromatic nitrogens is 2. The van der Waals surface area contributed by atoms with Crippen LogP contribution >= 0.6 is 0 Å². The van der Waals surface area contributed by atoms with Crippen molar-refractivity contribution in [2.45, 2.75) is 6.54 Å². The van der Waals surface area contributed by atoms with Crippen molar-refractivity contribution in [3.8, 4) is 5.75 Å². The highest BCUT2D eigenvalue weighted by atomic mass is 16.3. The zero-order valence-corrected chi connectivity index (χ0v) is 10.5. The Morgan fingerprint density at radius 2 is 2.06 bits per heavy atom. The van der Waals surface area contributed by atoms with Gasteiger partial charge in [-0.2, -0.15) is 0 Å². The van der Waals surface area contributed by atoms with Crippen LogP contribution in [0.3, 0.4) is 0 Å². The van der Waals surface area contributed by atoms with Crippen molar-refractivity contribution in [2.75, 3.05) is 24.3 Å². The Hall–Kier alpha value is -2.30. The molecule has 0 aliphatic heterocycles. The smallest absolute Gasteiger partial charge is 0.133 e. The molecule has 2 heterocycles. The van der Waals surface area contributed by atoms with Gasteiger partial charge in [-0.05, 0) is 18.2 Å². The second kappa shape index (κ2) is 5.35. The highest BCUT2D eigenvalue weighted by Crippen LogP contribution is 2.22. The van der Waals surface area contributed by atoms with Crippen LogP contribution in [-0.4, -0.2) is 29.2 Å². The first kappa shape index (κ1) is 12.2. The number of nitrogens with one attached hydrogen (secondary N) is 1. The summed E-state index contributed by atoms with van der Waals surface area (Å²) in [7, 11) is 3.97. The Morgan fingerprint density at radius 1 is 1.22 bits per heavy atom. The molecule has 0 aliphatic carbocycles. The number of pyridine rings is 2. The fraction of sp³-hybridized carbons (Fsp3) is 0.231. The van der Waals surface area contributed by atoms with Gasteiger partial charge in [0.2, 0.25) is 0 Å². The van der Waals surface area contributed by atoms with Gasteiger partial charge >= 0.3 is 0 Å². The lowest BCUT2D eigenvalue weighted by Gasteiger charge is -2.17. The predicted octanol–water partition coefficient (Wildman–Crippen LogP) is 1.86. The van der Waals surface area contributed by atoms with Crippen molar-refractivity contribution in [3.63, 3.8) is 0 Å². The summed E-state index contributed by atoms with van der Waals surface area (Å²) >= 11 is 0. The molecule has 0 aromatic carbocycles. The molecule has 0 saturated carbocycles. The van der Waals surface area contributed by atoms with Gasteiger partial charge in [-0.15, -0.1) is 0 Å². The minimum absolute atomic E-state index is 0.175. The molecule has 0 fully saturated rings. The first-order valence-electron chi connectivity index (χ1n) is 5.66. The second-order valence-electron chi connectivity index (χ2n) is 4.15. The van der Waals surface area contributed by atoms with Crippen molar-refractivity contribution in [1.29, 1.82) is 0 Å². The summed E-state index contributed by atoms with van der Waals surface area (Å²) in [6.45, 7) is 0.590. The van der Waals surface area contributed by atoms with E-state index >= 15 is 0 Å². The van der Waals surface area contributed by atoms with E-state index in [1.807, 2.05) is 25.1 Å². The highest BCUT2D eigenvalue weighted by Gasteiger charge is 2.04. The lowest BCUT2D eigenvalue weighted by Crippen LogP contribution is -2.12. The maximum atomic E-state index is 9.16. The molecule has 2 aromatic heterocycles. The van der Waals surface area contributed by atoms with Gasteiger partial charge in [0.15, 0.2) is 0 Å². The summed E-state index contributed by atoms with van der Waals surface area (Å²) < 4.78 is 0. The molecule has 5 heteroatoms. The molecule has 0 amide bonds. The van der Waals surface area contributed by atoms with Gasteiger partial charge in [-0.1, -0.05) is 0 Å². The third-order valence-electron chi connectivity index (χ3n) is 2.55. The van der Waals surface area contributed by atoms with Gasteiger partial charge in [0.1, 0.15) is 5.75 Å². The molecule has 0 bridgehead atoms. The van der Waals surface area contributed by atoms with Crippen LogP contribution in [0.25, 0.3) is 0 Å². The zero-order valence-electron chi connectivity index (χ0n) is 10.5. The van der Waals surface area contributed by atoms with Crippen molar-refractivity contribution in [1.82, 2.24) is 9.97 Å². The topological polar surface area (TPSA) is 61.3 Å². The molecule has 18 heavy (non-hydrogen) atoms. The second-order valence-corrected chi connectivity index (χ2v) is 4.15. The number of anilines is 2. The van der Waals surface area contributed by atoms with E-state index < -0.39 is 0 Å². The van der Waals surface area contributed by atoms with Crippen molar-refractivity contribution < 1.29 is 5.11 Å². The van der Waals surface area contributed by atoms with Crippen LogP contribution < -0.4 is 10.2 Å². The normalized spacial score (nSPS) is 10.1. The van der Waals surface area contributed by atoms with E-state index in [0.29, 0.717) is 6.54 Å². The lowest BCUT2D eigenvalue weighted by atomic mass is 10.3. The third kappa shape index (κ3) is 2.88. The van der Waals surface area contributed by atoms with Crippen LogP contribution in [0.1, 0.15) is 5.69 Å². The minimum Gasteiger partial charge on any atom is -0.506 e. The number of nitrogens with zero attached hydrogens (tertiary/aromatic N) is 3. The van der Waals surface area contributed by atoms with Crippen LogP contribution in [0, 0.1) is 0 Å². The monoisotopic (exact) mass is 244 g/mol. The van der Waals surface area contributed by atoms with Crippen molar-refractivity contribution in [3.05, 3.63) is 42.5 Å². The van der Waals surface area contributed by atoms with Gasteiger partial charge in [0.05, 0.1) is 36.0 Å². The molecule has 94 valence electrons. The Bertz CT molecular complexity index is 511. The fourth-order valence-corrected chi connectivity index (χ4v) is 1.62. The standard InChI is InChI=1S/C13H16N4O/c1-17(2)13-5-6-14-9-12(13)16-7-10-3-4-11(18)8-15-10/h3-6,8-9,16,18H,7H2,1-2H3. The molecule has 0 radical (unpaired) electrons. The van der Waals surface area contributed by atoms with Gasteiger partial charge in [-0.25, -0.2) is 0 Å². The fourth-order valence-electron chi connectivity index (χ4n) is 1.62. The molecule has 2 aromatic rings. The van der Waals surface area contributed by atoms with E-state index in [2.05, 4.69) is 15.3 Å². The molecule has 0 atom stereocenters. The van der Waals surface area contributed by atoms with E-state index in [9.17, 15) is 0 Å². The van der Waals surface area contributed by atoms with Crippen molar-refractivity contribution in [2.24, 2.45) is 0 Å². The summed E-state index contributed by atoms with van der Waals surface area (Å²) in [5.74, 6) is 0.175. The maximum Gasteiger partial charge on any atom is 0.133 e. The third-order valence-corrected chi connectivity index (χ3v) is 2.55. The maximum absolute atomic E-state index is 9.16. The lowest BCUT2D eigenvalue weighted by molar-refractivity contribution is 0.472. The molecular formula is C13H16N4O. The first-order chi connectivity index (χ1) is 8.66. The van der Waals surface area contributed by atoms with Crippen LogP contribution in [0.2, 0.25) is 0 Å². The van der Waals surface area contributed by atoms with Crippen LogP contribution in [0.15, 0.2) is 36.8 Å². The van der Waals surface area contributed by atoms with Crippen LogP contribution in [0.5, 0.6) is 5.75 Å². The van der Waals surface area contributed by atoms with Gasteiger partial charge < -0.3 is 15.3 Å².